The molecule has 0 aliphatic carbocycles. The van der Waals surface area contributed by atoms with Gasteiger partial charge in [-0.3, -0.25) is 0 Å². The molecule has 0 aliphatic heterocycles. The maximum absolute atomic E-state index is 2.44. The topological polar surface area (TPSA) is 9.86 Å². The standard InChI is InChI=1S/C46H36N2/c1-2-3-14-32-23-28-37(33-15-6-4-7-16-33)40(31-32)34-24-26-36(27-25-34)48-42-22-13-11-20-39(42)46-44(48)30-29-43-45(46)38-19-10-12-21-41(38)47(43)35-17-8-5-9-18-35/h4-13,15-31H,2-3,14H2,1H3. The Morgan fingerprint density at radius 1 is 0.417 bits per heavy atom. The van der Waals surface area contributed by atoms with Crippen molar-refractivity contribution >= 4 is 43.6 Å². The van der Waals surface area contributed by atoms with Gasteiger partial charge in [0.1, 0.15) is 0 Å². The number of benzene rings is 7. The molecule has 0 bridgehead atoms. The van der Waals surface area contributed by atoms with Gasteiger partial charge in [0.05, 0.1) is 22.1 Å². The molecule has 2 heterocycles. The first kappa shape index (κ1) is 28.4. The van der Waals surface area contributed by atoms with Crippen molar-refractivity contribution in [3.8, 4) is 33.6 Å². The van der Waals surface area contributed by atoms with Crippen LogP contribution in [0.4, 0.5) is 0 Å². The molecule has 9 aromatic rings. The summed E-state index contributed by atoms with van der Waals surface area (Å²) in [5, 5.41) is 5.15. The van der Waals surface area contributed by atoms with E-state index in [1.807, 2.05) is 0 Å². The second-order valence-electron chi connectivity index (χ2n) is 12.8. The van der Waals surface area contributed by atoms with Crippen molar-refractivity contribution in [2.45, 2.75) is 26.2 Å². The fraction of sp³-hybridized carbons (Fsp3) is 0.0870. The zero-order valence-corrected chi connectivity index (χ0v) is 27.1. The van der Waals surface area contributed by atoms with E-state index in [0.29, 0.717) is 0 Å². The zero-order valence-electron chi connectivity index (χ0n) is 27.1. The first-order valence-electron chi connectivity index (χ1n) is 17.1. The molecule has 2 heteroatoms. The number of para-hydroxylation sites is 3. The van der Waals surface area contributed by atoms with Gasteiger partial charge in [0, 0.05) is 32.9 Å². The quantitative estimate of drug-likeness (QED) is 0.169. The van der Waals surface area contributed by atoms with Gasteiger partial charge in [-0.05, 0) is 89.2 Å². The summed E-state index contributed by atoms with van der Waals surface area (Å²) in [5.41, 5.74) is 13.7. The Kier molecular flexibility index (Phi) is 6.94. The molecule has 0 amide bonds. The first-order chi connectivity index (χ1) is 23.8. The molecule has 0 saturated carbocycles. The van der Waals surface area contributed by atoms with E-state index in [0.717, 1.165) is 6.42 Å². The summed E-state index contributed by atoms with van der Waals surface area (Å²) >= 11 is 0. The molecule has 48 heavy (non-hydrogen) atoms. The van der Waals surface area contributed by atoms with E-state index in [-0.39, 0.29) is 0 Å². The van der Waals surface area contributed by atoms with Gasteiger partial charge in [-0.15, -0.1) is 0 Å². The largest absolute Gasteiger partial charge is 0.309 e. The van der Waals surface area contributed by atoms with Gasteiger partial charge in [0.15, 0.2) is 0 Å². The van der Waals surface area contributed by atoms with Gasteiger partial charge in [0.25, 0.3) is 0 Å². The maximum Gasteiger partial charge on any atom is 0.0548 e. The lowest BCUT2D eigenvalue weighted by molar-refractivity contribution is 0.795. The molecule has 0 unspecified atom stereocenters. The van der Waals surface area contributed by atoms with E-state index >= 15 is 0 Å². The lowest BCUT2D eigenvalue weighted by Crippen LogP contribution is -1.95. The van der Waals surface area contributed by atoms with Crippen molar-refractivity contribution in [1.82, 2.24) is 9.13 Å². The predicted octanol–water partition coefficient (Wildman–Crippen LogP) is 12.6. The minimum atomic E-state index is 1.10. The number of fused-ring (bicyclic) bond motifs is 7. The summed E-state index contributed by atoms with van der Waals surface area (Å²) in [6, 6.07) is 60.0. The molecular formula is C46H36N2. The third-order valence-corrected chi connectivity index (χ3v) is 9.91. The minimum Gasteiger partial charge on any atom is -0.309 e. The third-order valence-electron chi connectivity index (χ3n) is 9.91. The highest BCUT2D eigenvalue weighted by atomic mass is 15.0. The molecule has 9 rings (SSSR count). The van der Waals surface area contributed by atoms with Crippen LogP contribution in [0.2, 0.25) is 0 Å². The Balaban J connectivity index is 1.25. The van der Waals surface area contributed by atoms with Gasteiger partial charge >= 0.3 is 0 Å². The van der Waals surface area contributed by atoms with Crippen LogP contribution in [-0.2, 0) is 6.42 Å². The molecule has 2 aromatic heterocycles. The summed E-state index contributed by atoms with van der Waals surface area (Å²) in [4.78, 5) is 0. The average molecular weight is 617 g/mol. The number of aryl methyl sites for hydroxylation is 1. The summed E-state index contributed by atoms with van der Waals surface area (Å²) in [6.07, 6.45) is 3.50. The first-order valence-corrected chi connectivity index (χ1v) is 17.1. The van der Waals surface area contributed by atoms with Crippen LogP contribution in [0, 0.1) is 0 Å². The van der Waals surface area contributed by atoms with Crippen molar-refractivity contribution in [3.05, 3.63) is 169 Å². The van der Waals surface area contributed by atoms with E-state index in [4.69, 9.17) is 0 Å². The smallest absolute Gasteiger partial charge is 0.0548 e. The van der Waals surface area contributed by atoms with Crippen LogP contribution >= 0.6 is 0 Å². The summed E-state index contributed by atoms with van der Waals surface area (Å²) in [6.45, 7) is 2.26. The Bertz CT molecular complexity index is 2570. The van der Waals surface area contributed by atoms with E-state index in [2.05, 4.69) is 180 Å². The van der Waals surface area contributed by atoms with Crippen LogP contribution in [0.15, 0.2) is 164 Å². The van der Waals surface area contributed by atoms with Crippen LogP contribution in [0.1, 0.15) is 25.3 Å². The Labute approximate surface area is 281 Å². The second-order valence-corrected chi connectivity index (χ2v) is 12.8. The number of unbranched alkanes of at least 4 members (excludes halogenated alkanes) is 1. The molecule has 0 atom stereocenters. The highest BCUT2D eigenvalue weighted by Crippen LogP contribution is 2.42. The van der Waals surface area contributed by atoms with Crippen molar-refractivity contribution in [2.75, 3.05) is 0 Å². The lowest BCUT2D eigenvalue weighted by Gasteiger charge is -2.14. The van der Waals surface area contributed by atoms with E-state index in [1.54, 1.807) is 0 Å². The Morgan fingerprint density at radius 3 is 1.54 bits per heavy atom. The van der Waals surface area contributed by atoms with Gasteiger partial charge in [-0.25, -0.2) is 0 Å². The van der Waals surface area contributed by atoms with Crippen LogP contribution in [0.25, 0.3) is 77.2 Å². The fourth-order valence-electron chi connectivity index (χ4n) is 7.68. The van der Waals surface area contributed by atoms with E-state index in [1.165, 1.54) is 95.6 Å². The number of nitrogens with zero attached hydrogens (tertiary/aromatic N) is 2. The molecule has 230 valence electrons. The van der Waals surface area contributed by atoms with E-state index < -0.39 is 0 Å². The number of rotatable bonds is 7. The van der Waals surface area contributed by atoms with Gasteiger partial charge < -0.3 is 9.13 Å². The summed E-state index contributed by atoms with van der Waals surface area (Å²) in [5.74, 6) is 0. The summed E-state index contributed by atoms with van der Waals surface area (Å²) < 4.78 is 4.85. The fourth-order valence-corrected chi connectivity index (χ4v) is 7.68. The monoisotopic (exact) mass is 616 g/mol. The van der Waals surface area contributed by atoms with Gasteiger partial charge in [0.2, 0.25) is 0 Å². The SMILES string of the molecule is CCCCc1ccc(-c2ccccc2)c(-c2ccc(-n3c4ccccc4c4c5c6ccccc6n(-c6ccccc6)c5ccc43)cc2)c1. The van der Waals surface area contributed by atoms with Crippen molar-refractivity contribution in [1.29, 1.82) is 0 Å². The number of hydrogen-bond acceptors (Lipinski definition) is 0. The van der Waals surface area contributed by atoms with Gasteiger partial charge in [-0.2, -0.15) is 0 Å². The molecule has 2 nitrogen and oxygen atoms in total. The Morgan fingerprint density at radius 2 is 0.938 bits per heavy atom. The molecule has 0 saturated heterocycles. The highest BCUT2D eigenvalue weighted by Gasteiger charge is 2.20. The lowest BCUT2D eigenvalue weighted by atomic mass is 9.91. The molecule has 0 aliphatic rings. The zero-order chi connectivity index (χ0) is 32.0. The number of hydrogen-bond donors (Lipinski definition) is 0. The van der Waals surface area contributed by atoms with E-state index in [9.17, 15) is 0 Å². The molecule has 0 fully saturated rings. The average Bonchev–Trinajstić information content (AvgIpc) is 3.67. The molecule has 0 N–H and O–H groups in total. The number of aromatic nitrogens is 2. The summed E-state index contributed by atoms with van der Waals surface area (Å²) in [7, 11) is 0. The molecular weight excluding hydrogens is 581 g/mol. The van der Waals surface area contributed by atoms with Crippen molar-refractivity contribution in [3.63, 3.8) is 0 Å². The normalized spacial score (nSPS) is 11.7. The van der Waals surface area contributed by atoms with Gasteiger partial charge in [-0.1, -0.05) is 129 Å². The van der Waals surface area contributed by atoms with Crippen LogP contribution < -0.4 is 0 Å². The predicted molar refractivity (Wildman–Crippen MR) is 205 cm³/mol. The minimum absolute atomic E-state index is 1.10. The molecule has 0 radical (unpaired) electrons. The van der Waals surface area contributed by atoms with Crippen LogP contribution in [-0.4, -0.2) is 9.13 Å². The molecule has 7 aromatic carbocycles. The van der Waals surface area contributed by atoms with Crippen LogP contribution in [0.5, 0.6) is 0 Å². The van der Waals surface area contributed by atoms with Crippen LogP contribution in [0.3, 0.4) is 0 Å². The van der Waals surface area contributed by atoms with Crippen molar-refractivity contribution in [2.24, 2.45) is 0 Å². The molecule has 0 spiro atoms. The van der Waals surface area contributed by atoms with Crippen molar-refractivity contribution < 1.29 is 0 Å². The second kappa shape index (κ2) is 11.7. The highest BCUT2D eigenvalue weighted by molar-refractivity contribution is 6.28. The Hall–Kier alpha value is -5.86. The maximum atomic E-state index is 2.44. The third kappa shape index (κ3) is 4.56.